The number of ketones is 1. The van der Waals surface area contributed by atoms with Crippen LogP contribution in [0.4, 0.5) is 0 Å². The summed E-state index contributed by atoms with van der Waals surface area (Å²) in [5.41, 5.74) is -0.156. The van der Waals surface area contributed by atoms with E-state index in [2.05, 4.69) is 0 Å². The molecular formula is C9H13Cl2NO3. The van der Waals surface area contributed by atoms with E-state index < -0.39 is 16.6 Å². The first-order valence-electron chi connectivity index (χ1n) is 4.27. The molecule has 0 spiro atoms. The minimum atomic E-state index is -1.26. The topological polar surface area (TPSA) is 46.6 Å². The molecule has 0 saturated carbocycles. The van der Waals surface area contributed by atoms with Crippen LogP contribution in [-0.2, 0) is 14.3 Å². The second-order valence-electron chi connectivity index (χ2n) is 2.89. The van der Waals surface area contributed by atoms with Gasteiger partial charge in [-0.2, -0.15) is 0 Å². The maximum atomic E-state index is 11.4. The molecule has 0 fully saturated rings. The summed E-state index contributed by atoms with van der Waals surface area (Å²) in [6, 6.07) is 0. The number of ether oxygens (including phenoxy) is 1. The smallest absolute Gasteiger partial charge is 0.343 e. The van der Waals surface area contributed by atoms with Crippen LogP contribution >= 0.6 is 23.2 Å². The fraction of sp³-hybridized carbons (Fsp3) is 0.556. The Bertz CT molecular complexity index is 275. The molecule has 0 N–H and O–H groups in total. The minimum Gasteiger partial charge on any atom is -0.462 e. The van der Waals surface area contributed by atoms with Crippen LogP contribution in [0, 0.1) is 0 Å². The maximum absolute atomic E-state index is 11.4. The third kappa shape index (κ3) is 5.04. The van der Waals surface area contributed by atoms with E-state index in [4.69, 9.17) is 27.9 Å². The van der Waals surface area contributed by atoms with Gasteiger partial charge in [0.15, 0.2) is 4.84 Å². The number of alkyl halides is 2. The molecule has 0 aromatic heterocycles. The van der Waals surface area contributed by atoms with Gasteiger partial charge in [0.2, 0.25) is 5.78 Å². The molecule has 0 saturated heterocycles. The Morgan fingerprint density at radius 3 is 2.27 bits per heavy atom. The van der Waals surface area contributed by atoms with Crippen LogP contribution in [0.1, 0.15) is 6.92 Å². The van der Waals surface area contributed by atoms with Crippen LogP contribution in [0.15, 0.2) is 11.8 Å². The zero-order valence-corrected chi connectivity index (χ0v) is 10.3. The van der Waals surface area contributed by atoms with Gasteiger partial charge in [-0.05, 0) is 6.92 Å². The maximum Gasteiger partial charge on any atom is 0.343 e. The number of halogens is 2. The van der Waals surface area contributed by atoms with Crippen LogP contribution in [0.3, 0.4) is 0 Å². The normalized spacial score (nSPS) is 11.5. The predicted molar refractivity (Wildman–Crippen MR) is 58.9 cm³/mol. The standard InChI is InChI=1S/C9H13Cl2NO3/c1-4-15-9(14)6(5-12(2)3)7(13)8(10)11/h5,8H,4H2,1-3H3/b6-5-. The van der Waals surface area contributed by atoms with Crippen LogP contribution < -0.4 is 0 Å². The molecule has 86 valence electrons. The van der Waals surface area contributed by atoms with Crippen molar-refractivity contribution in [1.29, 1.82) is 0 Å². The highest BCUT2D eigenvalue weighted by Gasteiger charge is 2.24. The SMILES string of the molecule is CCOC(=O)/C(=C\N(C)C)C(=O)C(Cl)Cl. The molecule has 0 bridgehead atoms. The second-order valence-corrected chi connectivity index (χ2v) is 3.99. The molecule has 6 heteroatoms. The van der Waals surface area contributed by atoms with Crippen LogP contribution in [0.25, 0.3) is 0 Å². The van der Waals surface area contributed by atoms with E-state index in [0.29, 0.717) is 0 Å². The lowest BCUT2D eigenvalue weighted by Gasteiger charge is -2.10. The summed E-state index contributed by atoms with van der Waals surface area (Å²) in [7, 11) is 3.34. The molecule has 0 aromatic rings. The molecule has 0 radical (unpaired) electrons. The van der Waals surface area contributed by atoms with Crippen molar-refractivity contribution >= 4 is 35.0 Å². The fourth-order valence-corrected chi connectivity index (χ4v) is 1.04. The van der Waals surface area contributed by atoms with Crippen molar-refractivity contribution in [2.75, 3.05) is 20.7 Å². The zero-order chi connectivity index (χ0) is 12.0. The molecule has 0 rings (SSSR count). The summed E-state index contributed by atoms with van der Waals surface area (Å²) < 4.78 is 4.70. The van der Waals surface area contributed by atoms with Gasteiger partial charge < -0.3 is 9.64 Å². The van der Waals surface area contributed by atoms with E-state index in [1.165, 1.54) is 6.20 Å². The Balaban J connectivity index is 4.90. The van der Waals surface area contributed by atoms with Crippen LogP contribution in [0.5, 0.6) is 0 Å². The Kier molecular flexibility index (Phi) is 6.36. The van der Waals surface area contributed by atoms with Gasteiger partial charge in [0.05, 0.1) is 6.61 Å². The highest BCUT2D eigenvalue weighted by atomic mass is 35.5. The first-order valence-corrected chi connectivity index (χ1v) is 5.15. The third-order valence-corrected chi connectivity index (χ3v) is 1.74. The molecule has 15 heavy (non-hydrogen) atoms. The van der Waals surface area contributed by atoms with Gasteiger partial charge in [-0.25, -0.2) is 4.79 Å². The van der Waals surface area contributed by atoms with Crippen molar-refractivity contribution in [3.63, 3.8) is 0 Å². The molecule has 0 unspecified atom stereocenters. The van der Waals surface area contributed by atoms with Crippen molar-refractivity contribution in [1.82, 2.24) is 4.90 Å². The molecule has 0 amide bonds. The number of hydrogen-bond donors (Lipinski definition) is 0. The molecule has 0 aliphatic rings. The zero-order valence-electron chi connectivity index (χ0n) is 8.79. The monoisotopic (exact) mass is 253 g/mol. The Morgan fingerprint density at radius 2 is 1.93 bits per heavy atom. The molecule has 0 aliphatic heterocycles. The lowest BCUT2D eigenvalue weighted by molar-refractivity contribution is -0.140. The van der Waals surface area contributed by atoms with Crippen LogP contribution in [-0.4, -0.2) is 42.2 Å². The van der Waals surface area contributed by atoms with Gasteiger partial charge in [0.1, 0.15) is 5.57 Å². The Morgan fingerprint density at radius 1 is 1.40 bits per heavy atom. The van der Waals surface area contributed by atoms with Crippen molar-refractivity contribution in [3.8, 4) is 0 Å². The lowest BCUT2D eigenvalue weighted by atomic mass is 10.2. The van der Waals surface area contributed by atoms with Gasteiger partial charge in [0, 0.05) is 20.3 Å². The molecule has 0 heterocycles. The van der Waals surface area contributed by atoms with E-state index in [-0.39, 0.29) is 12.2 Å². The largest absolute Gasteiger partial charge is 0.462 e. The number of nitrogens with zero attached hydrogens (tertiary/aromatic N) is 1. The van der Waals surface area contributed by atoms with Gasteiger partial charge in [-0.3, -0.25) is 4.79 Å². The number of rotatable bonds is 5. The first kappa shape index (κ1) is 14.3. The number of carbonyl (C=O) groups is 2. The average molecular weight is 254 g/mol. The average Bonchev–Trinajstić information content (AvgIpc) is 2.13. The van der Waals surface area contributed by atoms with Gasteiger partial charge in [-0.1, -0.05) is 23.2 Å². The second kappa shape index (κ2) is 6.69. The van der Waals surface area contributed by atoms with Gasteiger partial charge >= 0.3 is 5.97 Å². The minimum absolute atomic E-state index is 0.156. The molecule has 4 nitrogen and oxygen atoms in total. The molecule has 0 aliphatic carbocycles. The Hall–Kier alpha value is -0.740. The van der Waals surface area contributed by atoms with Crippen molar-refractivity contribution in [2.45, 2.75) is 11.8 Å². The van der Waals surface area contributed by atoms with E-state index >= 15 is 0 Å². The number of carbonyl (C=O) groups excluding carboxylic acids is 2. The van der Waals surface area contributed by atoms with E-state index in [1.54, 1.807) is 25.9 Å². The number of esters is 1. The highest BCUT2D eigenvalue weighted by Crippen LogP contribution is 2.12. The van der Waals surface area contributed by atoms with Gasteiger partial charge in [-0.15, -0.1) is 0 Å². The van der Waals surface area contributed by atoms with Crippen molar-refractivity contribution < 1.29 is 14.3 Å². The summed E-state index contributed by atoms with van der Waals surface area (Å²) >= 11 is 10.8. The third-order valence-electron chi connectivity index (χ3n) is 1.35. The summed E-state index contributed by atoms with van der Waals surface area (Å²) in [5, 5.41) is 0. The summed E-state index contributed by atoms with van der Waals surface area (Å²) in [4.78, 5) is 23.1. The van der Waals surface area contributed by atoms with E-state index in [9.17, 15) is 9.59 Å². The highest BCUT2D eigenvalue weighted by molar-refractivity contribution is 6.56. The van der Waals surface area contributed by atoms with Crippen LogP contribution in [0.2, 0.25) is 0 Å². The van der Waals surface area contributed by atoms with E-state index in [1.807, 2.05) is 0 Å². The number of hydrogen-bond acceptors (Lipinski definition) is 4. The van der Waals surface area contributed by atoms with Crippen molar-refractivity contribution in [3.05, 3.63) is 11.8 Å². The predicted octanol–water partition coefficient (Wildman–Crippen LogP) is 1.37. The molecule has 0 atom stereocenters. The summed E-state index contributed by atoms with van der Waals surface area (Å²) in [6.07, 6.45) is 1.33. The van der Waals surface area contributed by atoms with Crippen molar-refractivity contribution in [2.24, 2.45) is 0 Å². The molecule has 0 aromatic carbocycles. The number of Topliss-reactive ketones (excluding diaryl/α,β-unsaturated/α-hetero) is 1. The Labute approximate surface area is 98.8 Å². The van der Waals surface area contributed by atoms with E-state index in [0.717, 1.165) is 0 Å². The summed E-state index contributed by atoms with van der Waals surface area (Å²) in [6.45, 7) is 1.83. The lowest BCUT2D eigenvalue weighted by Crippen LogP contribution is -2.22. The first-order chi connectivity index (χ1) is 6.90. The van der Waals surface area contributed by atoms with Gasteiger partial charge in [0.25, 0.3) is 0 Å². The molecular weight excluding hydrogens is 241 g/mol. The fourth-order valence-electron chi connectivity index (χ4n) is 0.802. The summed E-state index contributed by atoms with van der Waals surface area (Å²) in [5.74, 6) is -1.38. The quantitative estimate of drug-likeness (QED) is 0.244.